The summed E-state index contributed by atoms with van der Waals surface area (Å²) in [6, 6.07) is -0.858. The van der Waals surface area contributed by atoms with Gasteiger partial charge in [0.2, 0.25) is 10.0 Å². The average molecular weight is 207 g/mol. The van der Waals surface area contributed by atoms with Crippen LogP contribution < -0.4 is 0 Å². The molecule has 0 aliphatic carbocycles. The van der Waals surface area contributed by atoms with E-state index in [0.29, 0.717) is 12.8 Å². The maximum Gasteiger partial charge on any atom is 0.322 e. The second-order valence-corrected chi connectivity index (χ2v) is 5.06. The molecule has 1 aliphatic heterocycles. The minimum atomic E-state index is -3.32. The van der Waals surface area contributed by atoms with Gasteiger partial charge in [0.15, 0.2) is 0 Å². The first-order valence-corrected chi connectivity index (χ1v) is 5.82. The Bertz CT molecular complexity index is 298. The summed E-state index contributed by atoms with van der Waals surface area (Å²) in [7, 11) is -3.32. The van der Waals surface area contributed by atoms with Crippen molar-refractivity contribution in [3.05, 3.63) is 0 Å². The highest BCUT2D eigenvalue weighted by Gasteiger charge is 2.36. The summed E-state index contributed by atoms with van der Waals surface area (Å²) in [4.78, 5) is 10.7. The van der Waals surface area contributed by atoms with Crippen LogP contribution in [0.3, 0.4) is 0 Å². The molecule has 0 bridgehead atoms. The standard InChI is InChI=1S/C7H13NO4S/c1-2-8-6(7(9)10)4-3-5-13(8,11)12/h6H,2-5H2,1H3,(H,9,10). The van der Waals surface area contributed by atoms with E-state index in [4.69, 9.17) is 5.11 Å². The van der Waals surface area contributed by atoms with E-state index in [-0.39, 0.29) is 12.3 Å². The zero-order valence-corrected chi connectivity index (χ0v) is 8.25. The number of sulfonamides is 1. The molecule has 1 heterocycles. The van der Waals surface area contributed by atoms with Crippen LogP contribution >= 0.6 is 0 Å². The monoisotopic (exact) mass is 207 g/mol. The molecule has 1 rings (SSSR count). The summed E-state index contributed by atoms with van der Waals surface area (Å²) in [5.41, 5.74) is 0. The molecule has 1 N–H and O–H groups in total. The van der Waals surface area contributed by atoms with Crippen molar-refractivity contribution >= 4 is 16.0 Å². The van der Waals surface area contributed by atoms with Gasteiger partial charge in [-0.15, -0.1) is 0 Å². The van der Waals surface area contributed by atoms with Crippen molar-refractivity contribution in [3.63, 3.8) is 0 Å². The molecule has 1 aliphatic rings. The van der Waals surface area contributed by atoms with Gasteiger partial charge < -0.3 is 5.11 Å². The van der Waals surface area contributed by atoms with Crippen molar-refractivity contribution in [3.8, 4) is 0 Å². The van der Waals surface area contributed by atoms with Gasteiger partial charge >= 0.3 is 5.97 Å². The predicted molar refractivity (Wildman–Crippen MR) is 46.8 cm³/mol. The number of aliphatic carboxylic acids is 1. The van der Waals surface area contributed by atoms with Gasteiger partial charge in [0.05, 0.1) is 5.75 Å². The van der Waals surface area contributed by atoms with Gasteiger partial charge in [-0.25, -0.2) is 8.42 Å². The highest BCUT2D eigenvalue weighted by Crippen LogP contribution is 2.20. The molecule has 0 spiro atoms. The second kappa shape index (κ2) is 3.63. The van der Waals surface area contributed by atoms with Gasteiger partial charge in [0.25, 0.3) is 0 Å². The van der Waals surface area contributed by atoms with Crippen molar-refractivity contribution in [2.45, 2.75) is 25.8 Å². The lowest BCUT2D eigenvalue weighted by molar-refractivity contribution is -0.141. The summed E-state index contributed by atoms with van der Waals surface area (Å²) in [5.74, 6) is -0.977. The van der Waals surface area contributed by atoms with Gasteiger partial charge in [-0.2, -0.15) is 4.31 Å². The first-order valence-electron chi connectivity index (χ1n) is 4.21. The normalized spacial score (nSPS) is 28.5. The van der Waals surface area contributed by atoms with E-state index in [9.17, 15) is 13.2 Å². The molecule has 13 heavy (non-hydrogen) atoms. The fourth-order valence-corrected chi connectivity index (χ4v) is 3.32. The van der Waals surface area contributed by atoms with E-state index in [0.717, 1.165) is 4.31 Å². The average Bonchev–Trinajstić information content (AvgIpc) is 2.02. The minimum absolute atomic E-state index is 0.0740. The Labute approximate surface area is 77.4 Å². The number of hydrogen-bond donors (Lipinski definition) is 1. The largest absolute Gasteiger partial charge is 0.480 e. The molecule has 0 saturated carbocycles. The number of hydrogen-bond acceptors (Lipinski definition) is 3. The van der Waals surface area contributed by atoms with E-state index in [1.807, 2.05) is 0 Å². The van der Waals surface area contributed by atoms with Crippen LogP contribution in [-0.2, 0) is 14.8 Å². The Kier molecular flexibility index (Phi) is 2.92. The van der Waals surface area contributed by atoms with Gasteiger partial charge in [0, 0.05) is 6.54 Å². The van der Waals surface area contributed by atoms with Crippen LogP contribution in [0.1, 0.15) is 19.8 Å². The Morgan fingerprint density at radius 3 is 2.62 bits per heavy atom. The lowest BCUT2D eigenvalue weighted by Gasteiger charge is -2.30. The summed E-state index contributed by atoms with van der Waals surface area (Å²) in [5, 5.41) is 8.77. The number of carboxylic acids is 1. The number of carboxylic acid groups (broad SMARTS) is 1. The van der Waals surface area contributed by atoms with Gasteiger partial charge in [-0.05, 0) is 12.8 Å². The lowest BCUT2D eigenvalue weighted by Crippen LogP contribution is -2.49. The third-order valence-electron chi connectivity index (χ3n) is 2.18. The quantitative estimate of drug-likeness (QED) is 0.685. The molecule has 1 fully saturated rings. The fraction of sp³-hybridized carbons (Fsp3) is 0.857. The molecule has 1 saturated heterocycles. The molecule has 5 nitrogen and oxygen atoms in total. The Morgan fingerprint density at radius 2 is 2.23 bits per heavy atom. The molecule has 76 valence electrons. The van der Waals surface area contributed by atoms with Gasteiger partial charge in [-0.3, -0.25) is 4.79 Å². The second-order valence-electron chi connectivity index (χ2n) is 3.02. The third-order valence-corrected chi connectivity index (χ3v) is 4.21. The highest BCUT2D eigenvalue weighted by molar-refractivity contribution is 7.89. The molecular weight excluding hydrogens is 194 g/mol. The summed E-state index contributed by atoms with van der Waals surface area (Å²) in [6.07, 6.45) is 0.859. The van der Waals surface area contributed by atoms with E-state index >= 15 is 0 Å². The first kappa shape index (κ1) is 10.5. The SMILES string of the molecule is CCN1C(C(=O)O)CCCS1(=O)=O. The zero-order valence-electron chi connectivity index (χ0n) is 7.43. The van der Waals surface area contributed by atoms with E-state index in [2.05, 4.69) is 0 Å². The van der Waals surface area contributed by atoms with Crippen molar-refractivity contribution in [2.75, 3.05) is 12.3 Å². The smallest absolute Gasteiger partial charge is 0.322 e. The Morgan fingerprint density at radius 1 is 1.62 bits per heavy atom. The van der Waals surface area contributed by atoms with Crippen LogP contribution in [0.25, 0.3) is 0 Å². The number of likely N-dealkylation sites (N-methyl/N-ethyl adjacent to an activating group) is 1. The van der Waals surface area contributed by atoms with Gasteiger partial charge in [0.1, 0.15) is 6.04 Å². The molecule has 0 amide bonds. The molecule has 6 heteroatoms. The highest BCUT2D eigenvalue weighted by atomic mass is 32.2. The Balaban J connectivity index is 2.93. The first-order chi connectivity index (χ1) is 5.99. The zero-order chi connectivity index (χ0) is 10.1. The minimum Gasteiger partial charge on any atom is -0.480 e. The number of carbonyl (C=O) groups is 1. The van der Waals surface area contributed by atoms with Crippen molar-refractivity contribution in [2.24, 2.45) is 0 Å². The van der Waals surface area contributed by atoms with Crippen molar-refractivity contribution in [1.82, 2.24) is 4.31 Å². The fourth-order valence-electron chi connectivity index (χ4n) is 1.58. The molecule has 0 aromatic heterocycles. The van der Waals surface area contributed by atoms with Crippen LogP contribution in [0.5, 0.6) is 0 Å². The van der Waals surface area contributed by atoms with Gasteiger partial charge in [-0.1, -0.05) is 6.92 Å². The molecule has 0 aromatic carbocycles. The maximum absolute atomic E-state index is 11.4. The molecule has 1 atom stereocenters. The predicted octanol–water partition coefficient (Wildman–Crippen LogP) is -0.115. The topological polar surface area (TPSA) is 74.7 Å². The van der Waals surface area contributed by atoms with Crippen LogP contribution in [-0.4, -0.2) is 42.1 Å². The van der Waals surface area contributed by atoms with E-state index in [1.54, 1.807) is 6.92 Å². The maximum atomic E-state index is 11.4. The molecule has 1 unspecified atom stereocenters. The molecule has 0 aromatic rings. The van der Waals surface area contributed by atoms with E-state index in [1.165, 1.54) is 0 Å². The number of nitrogens with zero attached hydrogens (tertiary/aromatic N) is 1. The summed E-state index contributed by atoms with van der Waals surface area (Å²) >= 11 is 0. The van der Waals surface area contributed by atoms with Crippen LogP contribution in [0, 0.1) is 0 Å². The van der Waals surface area contributed by atoms with Crippen LogP contribution in [0.15, 0.2) is 0 Å². The lowest BCUT2D eigenvalue weighted by atomic mass is 10.1. The summed E-state index contributed by atoms with van der Waals surface area (Å²) < 4.78 is 23.8. The van der Waals surface area contributed by atoms with Crippen LogP contribution in [0.2, 0.25) is 0 Å². The van der Waals surface area contributed by atoms with Crippen molar-refractivity contribution in [1.29, 1.82) is 0 Å². The number of rotatable bonds is 2. The third kappa shape index (κ3) is 2.00. The Hall–Kier alpha value is -0.620. The molecule has 0 radical (unpaired) electrons. The van der Waals surface area contributed by atoms with Crippen molar-refractivity contribution < 1.29 is 18.3 Å². The van der Waals surface area contributed by atoms with Crippen LogP contribution in [0.4, 0.5) is 0 Å². The summed E-state index contributed by atoms with van der Waals surface area (Å²) in [6.45, 7) is 1.89. The molecular formula is C7H13NO4S. The van der Waals surface area contributed by atoms with E-state index < -0.39 is 22.0 Å².